The summed E-state index contributed by atoms with van der Waals surface area (Å²) < 4.78 is 0. The van der Waals surface area contributed by atoms with Crippen LogP contribution >= 0.6 is 0 Å². The van der Waals surface area contributed by atoms with Gasteiger partial charge in [-0.25, -0.2) is 4.99 Å². The summed E-state index contributed by atoms with van der Waals surface area (Å²) in [4.78, 5) is 5.32. The summed E-state index contributed by atoms with van der Waals surface area (Å²) in [6.07, 6.45) is 8.97. The quantitative estimate of drug-likeness (QED) is 0.261. The molecule has 0 saturated carbocycles. The predicted octanol–water partition coefficient (Wildman–Crippen LogP) is 11.5. The number of rotatable bonds is 7. The van der Waals surface area contributed by atoms with Gasteiger partial charge in [0.2, 0.25) is 0 Å². The van der Waals surface area contributed by atoms with Gasteiger partial charge in [0.15, 0.2) is 0 Å². The zero-order valence-electron chi connectivity index (χ0n) is 26.0. The van der Waals surface area contributed by atoms with E-state index < -0.39 is 0 Å². The van der Waals surface area contributed by atoms with E-state index in [1.165, 1.54) is 33.4 Å². The molecule has 0 radical (unpaired) electrons. The predicted molar refractivity (Wildman–Crippen MR) is 172 cm³/mol. The Kier molecular flexibility index (Phi) is 10.3. The molecular weight excluding hydrogens is 458 g/mol. The van der Waals surface area contributed by atoms with Crippen LogP contribution in [0.5, 0.6) is 0 Å². The highest BCUT2D eigenvalue weighted by Gasteiger charge is 2.16. The molecule has 0 heterocycles. The van der Waals surface area contributed by atoms with Crippen LogP contribution in [0.15, 0.2) is 95.1 Å². The minimum Gasteiger partial charge on any atom is -0.247 e. The first kappa shape index (κ1) is 31.0. The molecule has 0 unspecified atom stereocenters. The zero-order chi connectivity index (χ0) is 28.8. The average molecular weight is 508 g/mol. The maximum absolute atomic E-state index is 5.32. The Morgan fingerprint density at radius 2 is 1.11 bits per heavy atom. The number of aliphatic imine (C=N–C) groups is 1. The lowest BCUT2D eigenvalue weighted by Gasteiger charge is -2.20. The lowest BCUT2D eigenvalue weighted by Crippen LogP contribution is -2.06. The Morgan fingerprint density at radius 3 is 1.55 bits per heavy atom. The van der Waals surface area contributed by atoms with Gasteiger partial charge in [-0.05, 0) is 80.2 Å². The van der Waals surface area contributed by atoms with Crippen molar-refractivity contribution in [1.29, 1.82) is 0 Å². The van der Waals surface area contributed by atoms with Gasteiger partial charge in [-0.3, -0.25) is 0 Å². The van der Waals surface area contributed by atoms with Crippen molar-refractivity contribution in [2.45, 2.75) is 83.1 Å². The number of hydrogen-bond acceptors (Lipinski definition) is 1. The third-order valence-corrected chi connectivity index (χ3v) is 7.49. The lowest BCUT2D eigenvalue weighted by atomic mass is 9.86. The van der Waals surface area contributed by atoms with Crippen molar-refractivity contribution in [1.82, 2.24) is 0 Å². The molecule has 0 saturated heterocycles. The Hall–Kier alpha value is -3.19. The molecule has 0 aliphatic heterocycles. The average Bonchev–Trinajstić information content (AvgIpc) is 2.83. The summed E-state index contributed by atoms with van der Waals surface area (Å²) in [5, 5.41) is 0. The standard InChI is InChI=1S/C37H49N/c1-25(2)34(31-17-15-14-16-18-31)38-35-30(7)32(26(3)19-21-28(5)36(8,9)10)23-24-33(35)27(4)20-22-29(6)37(11,12)13/h14-24H,1H2,2-13H3/b26-19+,27-20+,28-21+,29-22+,38-34?. The van der Waals surface area contributed by atoms with E-state index in [1.807, 2.05) is 13.0 Å². The van der Waals surface area contributed by atoms with Crippen LogP contribution in [-0.4, -0.2) is 5.71 Å². The van der Waals surface area contributed by atoms with Gasteiger partial charge in [0, 0.05) is 11.1 Å². The summed E-state index contributed by atoms with van der Waals surface area (Å²) >= 11 is 0. The summed E-state index contributed by atoms with van der Waals surface area (Å²) in [5.41, 5.74) is 12.9. The third-order valence-electron chi connectivity index (χ3n) is 7.49. The second kappa shape index (κ2) is 12.6. The van der Waals surface area contributed by atoms with Crippen LogP contribution in [0.1, 0.15) is 98.4 Å². The van der Waals surface area contributed by atoms with Gasteiger partial charge in [-0.1, -0.05) is 126 Å². The van der Waals surface area contributed by atoms with Gasteiger partial charge in [0.1, 0.15) is 0 Å². The van der Waals surface area contributed by atoms with Gasteiger partial charge in [0.25, 0.3) is 0 Å². The van der Waals surface area contributed by atoms with E-state index in [2.05, 4.69) is 143 Å². The number of benzene rings is 2. The summed E-state index contributed by atoms with van der Waals surface area (Å²) in [5.74, 6) is 0. The molecule has 0 fully saturated rings. The first-order valence-electron chi connectivity index (χ1n) is 13.7. The Bertz CT molecular complexity index is 1310. The molecule has 2 rings (SSSR count). The fraction of sp³-hybridized carbons (Fsp3) is 0.378. The van der Waals surface area contributed by atoms with E-state index in [4.69, 9.17) is 4.99 Å². The fourth-order valence-electron chi connectivity index (χ4n) is 3.88. The van der Waals surface area contributed by atoms with Gasteiger partial charge in [-0.15, -0.1) is 0 Å². The summed E-state index contributed by atoms with van der Waals surface area (Å²) in [7, 11) is 0. The van der Waals surface area contributed by atoms with Crippen molar-refractivity contribution in [2.75, 3.05) is 0 Å². The van der Waals surface area contributed by atoms with E-state index in [1.54, 1.807) is 0 Å². The monoisotopic (exact) mass is 507 g/mol. The highest BCUT2D eigenvalue weighted by molar-refractivity contribution is 6.13. The second-order valence-corrected chi connectivity index (χ2v) is 12.6. The molecule has 0 spiro atoms. The minimum absolute atomic E-state index is 0.137. The van der Waals surface area contributed by atoms with Crippen LogP contribution in [0.3, 0.4) is 0 Å². The largest absolute Gasteiger partial charge is 0.247 e. The highest BCUT2D eigenvalue weighted by Crippen LogP contribution is 2.36. The van der Waals surface area contributed by atoms with Crippen molar-refractivity contribution in [3.05, 3.63) is 112 Å². The zero-order valence-corrected chi connectivity index (χ0v) is 26.0. The van der Waals surface area contributed by atoms with E-state index in [-0.39, 0.29) is 10.8 Å². The third kappa shape index (κ3) is 8.15. The molecule has 0 N–H and O–H groups in total. The molecule has 1 heteroatoms. The number of hydrogen-bond donors (Lipinski definition) is 0. The van der Waals surface area contributed by atoms with Crippen LogP contribution < -0.4 is 0 Å². The molecule has 0 atom stereocenters. The molecule has 0 amide bonds. The lowest BCUT2D eigenvalue weighted by molar-refractivity contribution is 0.504. The van der Waals surface area contributed by atoms with Crippen molar-refractivity contribution >= 4 is 22.5 Å². The summed E-state index contributed by atoms with van der Waals surface area (Å²) in [6.45, 7) is 30.8. The van der Waals surface area contributed by atoms with Crippen LogP contribution in [0.4, 0.5) is 5.69 Å². The van der Waals surface area contributed by atoms with E-state index >= 15 is 0 Å². The normalized spacial score (nSPS) is 14.7. The van der Waals surface area contributed by atoms with Crippen molar-refractivity contribution in [2.24, 2.45) is 15.8 Å². The van der Waals surface area contributed by atoms with Gasteiger partial charge < -0.3 is 0 Å². The topological polar surface area (TPSA) is 12.4 Å². The summed E-state index contributed by atoms with van der Waals surface area (Å²) in [6, 6.07) is 14.8. The van der Waals surface area contributed by atoms with Crippen LogP contribution in [-0.2, 0) is 0 Å². The molecule has 2 aromatic carbocycles. The maximum atomic E-state index is 5.32. The van der Waals surface area contributed by atoms with Gasteiger partial charge >= 0.3 is 0 Å². The SMILES string of the molecule is C=C(C)C(=Nc1c(/C(C)=C/C=C(\C)C(C)(C)C)ccc(/C(C)=C/C=C(\C)C(C)(C)C)c1C)c1ccccc1. The van der Waals surface area contributed by atoms with Gasteiger partial charge in [-0.2, -0.15) is 0 Å². The van der Waals surface area contributed by atoms with Crippen LogP contribution in [0, 0.1) is 17.8 Å². The van der Waals surface area contributed by atoms with Crippen LogP contribution in [0.25, 0.3) is 11.1 Å². The van der Waals surface area contributed by atoms with Crippen molar-refractivity contribution in [3.8, 4) is 0 Å². The molecule has 38 heavy (non-hydrogen) atoms. The first-order chi connectivity index (χ1) is 17.5. The highest BCUT2D eigenvalue weighted by atomic mass is 14.8. The van der Waals surface area contributed by atoms with Crippen molar-refractivity contribution in [3.63, 3.8) is 0 Å². The number of allylic oxidation sites excluding steroid dienone is 9. The molecule has 0 bridgehead atoms. The molecule has 2 aromatic rings. The first-order valence-corrected chi connectivity index (χ1v) is 13.7. The van der Waals surface area contributed by atoms with E-state index in [0.29, 0.717) is 0 Å². The molecule has 202 valence electrons. The van der Waals surface area contributed by atoms with E-state index in [9.17, 15) is 0 Å². The smallest absolute Gasteiger partial charge is 0.0747 e. The second-order valence-electron chi connectivity index (χ2n) is 12.6. The molecule has 1 nitrogen and oxygen atoms in total. The van der Waals surface area contributed by atoms with Crippen LogP contribution in [0.2, 0.25) is 0 Å². The fourth-order valence-corrected chi connectivity index (χ4v) is 3.88. The number of nitrogens with zero attached hydrogens (tertiary/aromatic N) is 1. The molecular formula is C37H49N. The Labute approximate surface area is 233 Å². The Morgan fingerprint density at radius 1 is 0.658 bits per heavy atom. The minimum atomic E-state index is 0.137. The van der Waals surface area contributed by atoms with Gasteiger partial charge in [0.05, 0.1) is 11.4 Å². The molecule has 0 aliphatic rings. The van der Waals surface area contributed by atoms with E-state index in [0.717, 1.165) is 28.1 Å². The molecule has 0 aliphatic carbocycles. The van der Waals surface area contributed by atoms with Crippen molar-refractivity contribution < 1.29 is 0 Å². The Balaban J connectivity index is 2.82. The maximum Gasteiger partial charge on any atom is 0.0747 e. The molecule has 0 aromatic heterocycles.